The van der Waals surface area contributed by atoms with E-state index < -0.39 is 10.0 Å². The van der Waals surface area contributed by atoms with Crippen molar-refractivity contribution >= 4 is 10.0 Å². The van der Waals surface area contributed by atoms with Crippen LogP contribution < -0.4 is 9.47 Å². The number of fused-ring (bicyclic) bond motifs is 3. The first kappa shape index (κ1) is 17.5. The summed E-state index contributed by atoms with van der Waals surface area (Å²) in [5, 5.41) is 0. The summed E-state index contributed by atoms with van der Waals surface area (Å²) in [4.78, 5) is 2.34. The summed E-state index contributed by atoms with van der Waals surface area (Å²) in [7, 11) is 1.33. The molecule has 0 aliphatic carbocycles. The fourth-order valence-corrected chi connectivity index (χ4v) is 5.05. The Bertz CT molecular complexity index is 694. The molecule has 0 saturated carbocycles. The third-order valence-electron chi connectivity index (χ3n) is 4.70. The summed E-state index contributed by atoms with van der Waals surface area (Å²) in [6, 6.07) is 4.90. The van der Waals surface area contributed by atoms with Gasteiger partial charge in [0, 0.05) is 37.7 Å². The maximum atomic E-state index is 13.3. The fraction of sp³-hybridized carbons (Fsp3) is 0.625. The van der Waals surface area contributed by atoms with Crippen LogP contribution in [0.1, 0.15) is 0 Å². The number of benzene rings is 1. The van der Waals surface area contributed by atoms with Gasteiger partial charge in [-0.15, -0.1) is 0 Å². The van der Waals surface area contributed by atoms with Crippen molar-refractivity contribution in [2.75, 3.05) is 54.1 Å². The molecule has 2 bridgehead atoms. The summed E-state index contributed by atoms with van der Waals surface area (Å²) >= 11 is 0. The van der Waals surface area contributed by atoms with Gasteiger partial charge >= 0.3 is 0 Å². The maximum absolute atomic E-state index is 13.3. The Kier molecular flexibility index (Phi) is 5.00. The normalized spacial score (nSPS) is 26.0. The largest absolute Gasteiger partial charge is 0.497 e. The quantitative estimate of drug-likeness (QED) is 0.789. The summed E-state index contributed by atoms with van der Waals surface area (Å²) < 4.78 is 44.2. The van der Waals surface area contributed by atoms with Crippen molar-refractivity contribution in [2.24, 2.45) is 5.92 Å². The molecule has 24 heavy (non-hydrogen) atoms. The molecule has 7 nitrogen and oxygen atoms in total. The van der Waals surface area contributed by atoms with Gasteiger partial charge in [-0.1, -0.05) is 0 Å². The number of rotatable bonds is 4. The maximum Gasteiger partial charge on any atom is 0.246 e. The minimum atomic E-state index is -3.68. The summed E-state index contributed by atoms with van der Waals surface area (Å²) in [5.41, 5.74) is 0. The Labute approximate surface area is 143 Å². The van der Waals surface area contributed by atoms with E-state index in [0.717, 1.165) is 6.54 Å². The molecule has 1 aromatic carbocycles. The van der Waals surface area contributed by atoms with E-state index in [0.29, 0.717) is 37.8 Å². The van der Waals surface area contributed by atoms with E-state index in [1.54, 1.807) is 16.4 Å². The standard InChI is InChI=1S/C16H24N2O5S/c1-17-7-12-8-18(9-13(17)11-23-10-12)24(19,20)16-6-14(21-2)4-5-15(16)22-3/h4-6,12-13H,7-11H2,1-3H3/t12-,13+/m1/s1. The van der Waals surface area contributed by atoms with Crippen molar-refractivity contribution < 1.29 is 22.6 Å². The van der Waals surface area contributed by atoms with Crippen LogP contribution >= 0.6 is 0 Å². The number of ether oxygens (including phenoxy) is 3. The number of hydrogen-bond donors (Lipinski definition) is 0. The van der Waals surface area contributed by atoms with E-state index in [1.807, 2.05) is 7.05 Å². The van der Waals surface area contributed by atoms with Crippen molar-refractivity contribution in [1.82, 2.24) is 9.21 Å². The summed E-state index contributed by atoms with van der Waals surface area (Å²) in [6.07, 6.45) is 0. The van der Waals surface area contributed by atoms with Crippen molar-refractivity contribution in [3.63, 3.8) is 0 Å². The minimum absolute atomic E-state index is 0.0591. The lowest BCUT2D eigenvalue weighted by Gasteiger charge is -2.29. The molecule has 0 unspecified atom stereocenters. The van der Waals surface area contributed by atoms with Crippen molar-refractivity contribution in [2.45, 2.75) is 10.9 Å². The van der Waals surface area contributed by atoms with Gasteiger partial charge in [0.05, 0.1) is 27.4 Å². The Morgan fingerprint density at radius 2 is 1.92 bits per heavy atom. The molecular weight excluding hydrogens is 332 g/mol. The third-order valence-corrected chi connectivity index (χ3v) is 6.55. The van der Waals surface area contributed by atoms with Gasteiger partial charge in [0.25, 0.3) is 0 Å². The Balaban J connectivity index is 1.98. The zero-order valence-corrected chi connectivity index (χ0v) is 15.1. The van der Waals surface area contributed by atoms with E-state index in [2.05, 4.69) is 4.90 Å². The SMILES string of the molecule is COc1ccc(OC)c(S(=O)(=O)N2C[C@@H]3COC[C@H](C2)N(C)C3)c1. The second kappa shape index (κ2) is 6.87. The molecule has 2 aliphatic rings. The molecule has 0 N–H and O–H groups in total. The highest BCUT2D eigenvalue weighted by molar-refractivity contribution is 7.89. The van der Waals surface area contributed by atoms with Gasteiger partial charge in [-0.25, -0.2) is 8.42 Å². The van der Waals surface area contributed by atoms with Crippen LogP contribution in [-0.2, 0) is 14.8 Å². The van der Waals surface area contributed by atoms with Gasteiger partial charge in [0.15, 0.2) is 0 Å². The van der Waals surface area contributed by atoms with Gasteiger partial charge in [0.1, 0.15) is 16.4 Å². The van der Waals surface area contributed by atoms with Gasteiger partial charge in [-0.05, 0) is 19.2 Å². The topological polar surface area (TPSA) is 68.3 Å². The minimum Gasteiger partial charge on any atom is -0.497 e. The molecule has 2 fully saturated rings. The molecule has 1 aromatic rings. The van der Waals surface area contributed by atoms with Crippen LogP contribution in [0.4, 0.5) is 0 Å². The molecule has 0 aromatic heterocycles. The van der Waals surface area contributed by atoms with Gasteiger partial charge in [-0.2, -0.15) is 4.31 Å². The summed E-state index contributed by atoms with van der Waals surface area (Å²) in [6.45, 7) is 2.83. The van der Waals surface area contributed by atoms with E-state index in [9.17, 15) is 8.42 Å². The number of likely N-dealkylation sites (N-methyl/N-ethyl adjacent to an activating group) is 1. The fourth-order valence-electron chi connectivity index (χ4n) is 3.33. The van der Waals surface area contributed by atoms with Gasteiger partial charge in [0.2, 0.25) is 10.0 Å². The third kappa shape index (κ3) is 3.23. The lowest BCUT2D eigenvalue weighted by atomic mass is 10.1. The molecule has 2 atom stereocenters. The zero-order valence-electron chi connectivity index (χ0n) is 14.3. The first-order chi connectivity index (χ1) is 11.5. The molecular formula is C16H24N2O5S. The van der Waals surface area contributed by atoms with E-state index in [-0.39, 0.29) is 16.9 Å². The van der Waals surface area contributed by atoms with Crippen molar-refractivity contribution in [1.29, 1.82) is 0 Å². The molecule has 0 radical (unpaired) electrons. The number of hydrogen-bond acceptors (Lipinski definition) is 6. The molecule has 2 saturated heterocycles. The highest BCUT2D eigenvalue weighted by atomic mass is 32.2. The summed E-state index contributed by atoms with van der Waals surface area (Å²) in [5.74, 6) is 0.980. The molecule has 2 aliphatic heterocycles. The van der Waals surface area contributed by atoms with Crippen LogP contribution in [0.5, 0.6) is 11.5 Å². The van der Waals surface area contributed by atoms with Crippen LogP contribution in [-0.4, -0.2) is 77.8 Å². The molecule has 2 heterocycles. The van der Waals surface area contributed by atoms with Crippen LogP contribution in [0.2, 0.25) is 0 Å². The molecule has 3 rings (SSSR count). The number of sulfonamides is 1. The van der Waals surface area contributed by atoms with E-state index in [4.69, 9.17) is 14.2 Å². The molecule has 0 spiro atoms. The first-order valence-electron chi connectivity index (χ1n) is 7.96. The Hall–Kier alpha value is -1.35. The molecule has 0 amide bonds. The lowest BCUT2D eigenvalue weighted by Crippen LogP contribution is -2.44. The van der Waals surface area contributed by atoms with Crippen LogP contribution in [0, 0.1) is 5.92 Å². The monoisotopic (exact) mass is 356 g/mol. The average Bonchev–Trinajstić information content (AvgIpc) is 2.82. The Morgan fingerprint density at radius 3 is 2.62 bits per heavy atom. The number of nitrogens with zero attached hydrogens (tertiary/aromatic N) is 2. The van der Waals surface area contributed by atoms with Crippen LogP contribution in [0.3, 0.4) is 0 Å². The highest BCUT2D eigenvalue weighted by Gasteiger charge is 2.38. The van der Waals surface area contributed by atoms with Crippen molar-refractivity contribution in [3.8, 4) is 11.5 Å². The van der Waals surface area contributed by atoms with E-state index >= 15 is 0 Å². The predicted octanol–water partition coefficient (Wildman–Crippen LogP) is 0.655. The number of methoxy groups -OCH3 is 2. The smallest absolute Gasteiger partial charge is 0.246 e. The Morgan fingerprint density at radius 1 is 1.12 bits per heavy atom. The van der Waals surface area contributed by atoms with Crippen molar-refractivity contribution in [3.05, 3.63) is 18.2 Å². The predicted molar refractivity (Wildman–Crippen MR) is 89.0 cm³/mol. The van der Waals surface area contributed by atoms with Crippen LogP contribution in [0.25, 0.3) is 0 Å². The average molecular weight is 356 g/mol. The molecule has 134 valence electrons. The lowest BCUT2D eigenvalue weighted by molar-refractivity contribution is 0.0727. The van der Waals surface area contributed by atoms with Crippen LogP contribution in [0.15, 0.2) is 23.1 Å². The van der Waals surface area contributed by atoms with Gasteiger partial charge in [-0.3, -0.25) is 4.90 Å². The first-order valence-corrected chi connectivity index (χ1v) is 9.40. The molecule has 8 heteroatoms. The second-order valence-electron chi connectivity index (χ2n) is 6.34. The van der Waals surface area contributed by atoms with Gasteiger partial charge < -0.3 is 14.2 Å². The second-order valence-corrected chi connectivity index (χ2v) is 8.24. The zero-order chi connectivity index (χ0) is 17.3. The van der Waals surface area contributed by atoms with E-state index in [1.165, 1.54) is 20.3 Å². The highest BCUT2D eigenvalue weighted by Crippen LogP contribution is 2.32.